The first-order chi connectivity index (χ1) is 5.23. The molecular formula is C9H15IO. The van der Waals surface area contributed by atoms with E-state index in [1.54, 1.807) is 0 Å². The Morgan fingerprint density at radius 1 is 1.73 bits per heavy atom. The van der Waals surface area contributed by atoms with Gasteiger partial charge in [-0.15, -0.1) is 0 Å². The standard InChI is InChI=1S/C9H15IO/c1-2-3-5-9(11)6-4-8(9)7-10/h7,11H,2-6H2,1H3/b8-7-. The summed E-state index contributed by atoms with van der Waals surface area (Å²) in [6.45, 7) is 2.16. The van der Waals surface area contributed by atoms with Gasteiger partial charge in [0.2, 0.25) is 0 Å². The molecule has 1 atom stereocenters. The summed E-state index contributed by atoms with van der Waals surface area (Å²) in [6, 6.07) is 0. The Balaban J connectivity index is 2.41. The van der Waals surface area contributed by atoms with Crippen LogP contribution in [-0.4, -0.2) is 10.7 Å². The zero-order valence-corrected chi connectivity index (χ0v) is 9.10. The number of halogens is 1. The summed E-state index contributed by atoms with van der Waals surface area (Å²) in [6.07, 6.45) is 5.35. The van der Waals surface area contributed by atoms with Gasteiger partial charge in [-0.25, -0.2) is 0 Å². The Morgan fingerprint density at radius 3 is 2.82 bits per heavy atom. The van der Waals surface area contributed by atoms with Crippen molar-refractivity contribution in [3.05, 3.63) is 9.66 Å². The molecule has 1 aliphatic carbocycles. The molecule has 11 heavy (non-hydrogen) atoms. The van der Waals surface area contributed by atoms with Gasteiger partial charge in [0.15, 0.2) is 0 Å². The maximum Gasteiger partial charge on any atom is 0.0867 e. The molecule has 2 heteroatoms. The van der Waals surface area contributed by atoms with E-state index in [1.165, 1.54) is 12.0 Å². The van der Waals surface area contributed by atoms with Crippen molar-refractivity contribution in [1.29, 1.82) is 0 Å². The summed E-state index contributed by atoms with van der Waals surface area (Å²) >= 11 is 2.22. The number of rotatable bonds is 3. The van der Waals surface area contributed by atoms with Crippen LogP contribution in [0.25, 0.3) is 0 Å². The van der Waals surface area contributed by atoms with Crippen LogP contribution in [0, 0.1) is 0 Å². The van der Waals surface area contributed by atoms with Gasteiger partial charge >= 0.3 is 0 Å². The minimum absolute atomic E-state index is 0.406. The summed E-state index contributed by atoms with van der Waals surface area (Å²) in [7, 11) is 0. The number of hydrogen-bond donors (Lipinski definition) is 1. The van der Waals surface area contributed by atoms with Crippen molar-refractivity contribution in [2.45, 2.75) is 44.6 Å². The largest absolute Gasteiger partial charge is 0.385 e. The van der Waals surface area contributed by atoms with Crippen LogP contribution < -0.4 is 0 Å². The molecule has 1 rings (SSSR count). The molecule has 1 nitrogen and oxygen atoms in total. The molecule has 1 fully saturated rings. The van der Waals surface area contributed by atoms with E-state index in [9.17, 15) is 5.11 Å². The molecule has 0 amide bonds. The first kappa shape index (κ1) is 9.52. The molecule has 0 aromatic rings. The van der Waals surface area contributed by atoms with Gasteiger partial charge < -0.3 is 5.11 Å². The van der Waals surface area contributed by atoms with Gasteiger partial charge in [0.1, 0.15) is 0 Å². The predicted molar refractivity (Wildman–Crippen MR) is 55.8 cm³/mol. The zero-order valence-electron chi connectivity index (χ0n) is 6.94. The second-order valence-electron chi connectivity index (χ2n) is 3.27. The fourth-order valence-electron chi connectivity index (χ4n) is 1.47. The van der Waals surface area contributed by atoms with Crippen molar-refractivity contribution in [3.8, 4) is 0 Å². The van der Waals surface area contributed by atoms with Crippen LogP contribution in [0.1, 0.15) is 39.0 Å². The average Bonchev–Trinajstić information content (AvgIpc) is 1.99. The molecule has 0 aromatic carbocycles. The van der Waals surface area contributed by atoms with Crippen molar-refractivity contribution >= 4 is 22.6 Å². The van der Waals surface area contributed by atoms with Crippen molar-refractivity contribution in [2.75, 3.05) is 0 Å². The van der Waals surface area contributed by atoms with E-state index in [0.29, 0.717) is 0 Å². The van der Waals surface area contributed by atoms with Crippen molar-refractivity contribution in [2.24, 2.45) is 0 Å². The van der Waals surface area contributed by atoms with Crippen molar-refractivity contribution in [1.82, 2.24) is 0 Å². The molecule has 1 unspecified atom stereocenters. The van der Waals surface area contributed by atoms with Crippen LogP contribution in [0.15, 0.2) is 9.66 Å². The molecule has 0 radical (unpaired) electrons. The lowest BCUT2D eigenvalue weighted by atomic mass is 9.73. The molecule has 0 bridgehead atoms. The van der Waals surface area contributed by atoms with Gasteiger partial charge in [-0.3, -0.25) is 0 Å². The Morgan fingerprint density at radius 2 is 2.45 bits per heavy atom. The Labute approximate surface area is 82.0 Å². The zero-order chi connectivity index (χ0) is 8.32. The lowest BCUT2D eigenvalue weighted by molar-refractivity contribution is 0.0169. The van der Waals surface area contributed by atoms with E-state index in [4.69, 9.17) is 0 Å². The normalized spacial score (nSPS) is 33.9. The molecular weight excluding hydrogens is 251 g/mol. The lowest BCUT2D eigenvalue weighted by Gasteiger charge is -2.39. The minimum Gasteiger partial charge on any atom is -0.385 e. The third-order valence-electron chi connectivity index (χ3n) is 2.48. The first-order valence-corrected chi connectivity index (χ1v) is 5.49. The molecule has 0 heterocycles. The molecule has 0 saturated heterocycles. The number of aliphatic hydroxyl groups is 1. The highest BCUT2D eigenvalue weighted by Gasteiger charge is 2.38. The average molecular weight is 266 g/mol. The van der Waals surface area contributed by atoms with E-state index in [2.05, 4.69) is 29.5 Å². The highest BCUT2D eigenvalue weighted by molar-refractivity contribution is 14.1. The van der Waals surface area contributed by atoms with Crippen LogP contribution >= 0.6 is 22.6 Å². The van der Waals surface area contributed by atoms with Gasteiger partial charge in [0.05, 0.1) is 5.60 Å². The predicted octanol–water partition coefficient (Wildman–Crippen LogP) is 3.02. The molecule has 0 aliphatic heterocycles. The molecule has 1 aliphatic rings. The van der Waals surface area contributed by atoms with Gasteiger partial charge in [-0.2, -0.15) is 0 Å². The Kier molecular flexibility index (Phi) is 3.37. The minimum atomic E-state index is -0.406. The van der Waals surface area contributed by atoms with E-state index < -0.39 is 5.60 Å². The summed E-state index contributed by atoms with van der Waals surface area (Å²) in [5.74, 6) is 0. The fourth-order valence-corrected chi connectivity index (χ4v) is 2.36. The monoisotopic (exact) mass is 266 g/mol. The van der Waals surface area contributed by atoms with E-state index in [-0.39, 0.29) is 0 Å². The van der Waals surface area contributed by atoms with Gasteiger partial charge in [0, 0.05) is 0 Å². The highest BCUT2D eigenvalue weighted by atomic mass is 127. The quantitative estimate of drug-likeness (QED) is 0.778. The Hall–Kier alpha value is 0.430. The van der Waals surface area contributed by atoms with E-state index in [0.717, 1.165) is 25.7 Å². The lowest BCUT2D eigenvalue weighted by Crippen LogP contribution is -2.39. The highest BCUT2D eigenvalue weighted by Crippen LogP contribution is 2.42. The van der Waals surface area contributed by atoms with E-state index in [1.807, 2.05) is 4.08 Å². The van der Waals surface area contributed by atoms with E-state index >= 15 is 0 Å². The van der Waals surface area contributed by atoms with Gasteiger partial charge in [-0.1, -0.05) is 42.4 Å². The maximum absolute atomic E-state index is 9.93. The summed E-state index contributed by atoms with van der Waals surface area (Å²) in [4.78, 5) is 0. The fraction of sp³-hybridized carbons (Fsp3) is 0.778. The summed E-state index contributed by atoms with van der Waals surface area (Å²) in [5.41, 5.74) is 0.837. The molecule has 64 valence electrons. The maximum atomic E-state index is 9.93. The second kappa shape index (κ2) is 3.90. The smallest absolute Gasteiger partial charge is 0.0867 e. The van der Waals surface area contributed by atoms with Gasteiger partial charge in [-0.05, 0) is 28.9 Å². The molecule has 1 N–H and O–H groups in total. The molecule has 1 saturated carbocycles. The topological polar surface area (TPSA) is 20.2 Å². The molecule has 0 aromatic heterocycles. The first-order valence-electron chi connectivity index (χ1n) is 4.25. The number of hydrogen-bond acceptors (Lipinski definition) is 1. The van der Waals surface area contributed by atoms with Crippen LogP contribution in [0.4, 0.5) is 0 Å². The third-order valence-corrected chi connectivity index (χ3v) is 3.23. The molecule has 0 spiro atoms. The SMILES string of the molecule is CCCCC1(O)CC/C1=C/I. The second-order valence-corrected chi connectivity index (χ2v) is 3.89. The van der Waals surface area contributed by atoms with Crippen LogP contribution in [0.5, 0.6) is 0 Å². The van der Waals surface area contributed by atoms with Gasteiger partial charge in [0.25, 0.3) is 0 Å². The van der Waals surface area contributed by atoms with Crippen molar-refractivity contribution < 1.29 is 5.11 Å². The van der Waals surface area contributed by atoms with Crippen LogP contribution in [0.3, 0.4) is 0 Å². The third kappa shape index (κ3) is 1.96. The summed E-state index contributed by atoms with van der Waals surface area (Å²) < 4.78 is 2.04. The summed E-state index contributed by atoms with van der Waals surface area (Å²) in [5, 5.41) is 9.93. The number of unbranched alkanes of at least 4 members (excludes halogenated alkanes) is 1. The van der Waals surface area contributed by atoms with Crippen LogP contribution in [0.2, 0.25) is 0 Å². The Bertz CT molecular complexity index is 165. The van der Waals surface area contributed by atoms with Crippen LogP contribution in [-0.2, 0) is 0 Å². The van der Waals surface area contributed by atoms with Crippen molar-refractivity contribution in [3.63, 3.8) is 0 Å².